The molecule has 0 spiro atoms. The molecule has 2 rings (SSSR count). The lowest BCUT2D eigenvalue weighted by atomic mass is 10.1. The Bertz CT molecular complexity index is 569. The van der Waals surface area contributed by atoms with Crippen LogP contribution in [0.25, 0.3) is 0 Å². The fourth-order valence-corrected chi connectivity index (χ4v) is 3.56. The summed E-state index contributed by atoms with van der Waals surface area (Å²) in [5, 5.41) is 0. The van der Waals surface area contributed by atoms with E-state index in [-0.39, 0.29) is 17.4 Å². The Morgan fingerprint density at radius 2 is 1.90 bits per heavy atom. The van der Waals surface area contributed by atoms with Gasteiger partial charge in [0.25, 0.3) is 5.91 Å². The van der Waals surface area contributed by atoms with E-state index in [1.54, 1.807) is 12.1 Å². The maximum absolute atomic E-state index is 11.5. The number of amides is 1. The number of sulfone groups is 1. The molecule has 3 N–H and O–H groups in total. The molecule has 0 unspecified atom stereocenters. The van der Waals surface area contributed by atoms with Crippen molar-refractivity contribution < 1.29 is 13.2 Å². The van der Waals surface area contributed by atoms with Gasteiger partial charge in [0.2, 0.25) is 0 Å². The molecular weight excluding hydrogens is 278 g/mol. The van der Waals surface area contributed by atoms with Crippen LogP contribution in [0.2, 0.25) is 0 Å². The summed E-state index contributed by atoms with van der Waals surface area (Å²) in [5.74, 6) is 5.25. The van der Waals surface area contributed by atoms with E-state index in [0.717, 1.165) is 12.1 Å². The molecule has 1 amide bonds. The molecule has 110 valence electrons. The van der Waals surface area contributed by atoms with Gasteiger partial charge in [-0.25, -0.2) is 14.3 Å². The lowest BCUT2D eigenvalue weighted by Gasteiger charge is -2.19. The van der Waals surface area contributed by atoms with Crippen LogP contribution in [-0.4, -0.2) is 43.8 Å². The quantitative estimate of drug-likeness (QED) is 0.462. The molecular formula is C13H19N3O3S. The van der Waals surface area contributed by atoms with Crippen molar-refractivity contribution in [3.8, 4) is 0 Å². The van der Waals surface area contributed by atoms with E-state index in [1.165, 1.54) is 0 Å². The maximum Gasteiger partial charge on any atom is 0.265 e. The van der Waals surface area contributed by atoms with Crippen molar-refractivity contribution in [2.45, 2.75) is 13.0 Å². The van der Waals surface area contributed by atoms with Crippen molar-refractivity contribution in [3.05, 3.63) is 35.4 Å². The van der Waals surface area contributed by atoms with Crippen LogP contribution in [-0.2, 0) is 16.4 Å². The van der Waals surface area contributed by atoms with Gasteiger partial charge in [0.15, 0.2) is 9.84 Å². The van der Waals surface area contributed by atoms with Crippen molar-refractivity contribution in [3.63, 3.8) is 0 Å². The van der Waals surface area contributed by atoms with Crippen LogP contribution in [0.4, 0.5) is 0 Å². The van der Waals surface area contributed by atoms with Crippen LogP contribution in [0, 0.1) is 0 Å². The zero-order valence-electron chi connectivity index (χ0n) is 11.2. The highest BCUT2D eigenvalue weighted by atomic mass is 32.2. The van der Waals surface area contributed by atoms with Crippen molar-refractivity contribution in [1.82, 2.24) is 10.3 Å². The molecule has 0 aliphatic carbocycles. The Morgan fingerprint density at radius 3 is 2.55 bits per heavy atom. The van der Waals surface area contributed by atoms with Crippen LogP contribution in [0.1, 0.15) is 22.3 Å². The Balaban J connectivity index is 1.98. The third-order valence-electron chi connectivity index (χ3n) is 3.40. The second-order valence-corrected chi connectivity index (χ2v) is 7.26. The Hall–Kier alpha value is -1.44. The van der Waals surface area contributed by atoms with Gasteiger partial charge in [-0.1, -0.05) is 12.1 Å². The van der Waals surface area contributed by atoms with Crippen LogP contribution >= 0.6 is 0 Å². The van der Waals surface area contributed by atoms with Crippen LogP contribution < -0.4 is 11.3 Å². The Labute approximate surface area is 118 Å². The number of carbonyl (C=O) groups excluding carboxylic acids is 1. The molecule has 6 nitrogen and oxygen atoms in total. The van der Waals surface area contributed by atoms with Gasteiger partial charge in [0.1, 0.15) is 0 Å². The summed E-state index contributed by atoms with van der Waals surface area (Å²) in [6.45, 7) is 2.04. The molecule has 1 aliphatic rings. The number of hydrazine groups is 1. The minimum absolute atomic E-state index is 0.223. The molecule has 0 saturated carbocycles. The third-order valence-corrected chi connectivity index (χ3v) is 5.12. The van der Waals surface area contributed by atoms with Crippen molar-refractivity contribution in [1.29, 1.82) is 0 Å². The molecule has 20 heavy (non-hydrogen) atoms. The first-order valence-corrected chi connectivity index (χ1v) is 8.35. The minimum Gasteiger partial charge on any atom is -0.298 e. The molecule has 1 aromatic carbocycles. The molecule has 0 radical (unpaired) electrons. The summed E-state index contributed by atoms with van der Waals surface area (Å²) in [4.78, 5) is 13.4. The Morgan fingerprint density at radius 1 is 1.20 bits per heavy atom. The van der Waals surface area contributed by atoms with E-state index >= 15 is 0 Å². The lowest BCUT2D eigenvalue weighted by Crippen LogP contribution is -2.30. The highest BCUT2D eigenvalue weighted by Crippen LogP contribution is 2.11. The molecule has 0 bridgehead atoms. The molecule has 1 saturated heterocycles. The van der Waals surface area contributed by atoms with Crippen LogP contribution in [0.5, 0.6) is 0 Å². The molecule has 1 heterocycles. The van der Waals surface area contributed by atoms with Crippen molar-refractivity contribution in [2.75, 3.05) is 24.6 Å². The normalized spacial score (nSPS) is 19.2. The lowest BCUT2D eigenvalue weighted by molar-refractivity contribution is 0.0953. The average Bonchev–Trinajstić information content (AvgIpc) is 2.60. The first kappa shape index (κ1) is 15.0. The second-order valence-electron chi connectivity index (χ2n) is 4.95. The highest BCUT2D eigenvalue weighted by molar-refractivity contribution is 7.91. The maximum atomic E-state index is 11.5. The summed E-state index contributed by atoms with van der Waals surface area (Å²) >= 11 is 0. The fraction of sp³-hybridized carbons (Fsp3) is 0.462. The van der Waals surface area contributed by atoms with Gasteiger partial charge in [-0.05, 0) is 30.7 Å². The molecule has 1 aromatic rings. The predicted molar refractivity (Wildman–Crippen MR) is 76.6 cm³/mol. The van der Waals surface area contributed by atoms with Gasteiger partial charge in [-0.15, -0.1) is 0 Å². The van der Waals surface area contributed by atoms with E-state index in [0.29, 0.717) is 25.1 Å². The number of rotatable bonds is 3. The number of nitrogens with one attached hydrogen (secondary N) is 1. The van der Waals surface area contributed by atoms with Crippen LogP contribution in [0.15, 0.2) is 24.3 Å². The van der Waals surface area contributed by atoms with Gasteiger partial charge in [-0.2, -0.15) is 0 Å². The number of hydrogen-bond acceptors (Lipinski definition) is 5. The topological polar surface area (TPSA) is 92.5 Å². The number of benzene rings is 1. The summed E-state index contributed by atoms with van der Waals surface area (Å²) in [6.07, 6.45) is 0.677. The van der Waals surface area contributed by atoms with Gasteiger partial charge >= 0.3 is 0 Å². The van der Waals surface area contributed by atoms with Gasteiger partial charge in [0.05, 0.1) is 11.5 Å². The predicted octanol–water partition coefficient (Wildman–Crippen LogP) is -0.0894. The second kappa shape index (κ2) is 6.34. The molecule has 7 heteroatoms. The minimum atomic E-state index is -2.87. The van der Waals surface area contributed by atoms with E-state index in [9.17, 15) is 13.2 Å². The first-order valence-electron chi connectivity index (χ1n) is 6.53. The average molecular weight is 297 g/mol. The molecule has 1 fully saturated rings. The van der Waals surface area contributed by atoms with Gasteiger partial charge < -0.3 is 0 Å². The largest absolute Gasteiger partial charge is 0.298 e. The third kappa shape index (κ3) is 4.03. The number of carbonyl (C=O) groups is 1. The van der Waals surface area contributed by atoms with Crippen LogP contribution in [0.3, 0.4) is 0 Å². The Kier molecular flexibility index (Phi) is 4.74. The summed E-state index contributed by atoms with van der Waals surface area (Å²) < 4.78 is 23.1. The zero-order valence-corrected chi connectivity index (χ0v) is 12.0. The molecule has 0 atom stereocenters. The zero-order chi connectivity index (χ0) is 14.6. The molecule has 0 aromatic heterocycles. The van der Waals surface area contributed by atoms with E-state index in [1.807, 2.05) is 12.1 Å². The fourth-order valence-electron chi connectivity index (χ4n) is 2.25. The molecule has 1 aliphatic heterocycles. The van der Waals surface area contributed by atoms with Gasteiger partial charge in [0, 0.05) is 18.7 Å². The summed E-state index contributed by atoms with van der Waals surface area (Å²) in [5.41, 5.74) is 3.65. The number of nitrogens with two attached hydrogens (primary N) is 1. The van der Waals surface area contributed by atoms with E-state index in [2.05, 4.69) is 10.3 Å². The highest BCUT2D eigenvalue weighted by Gasteiger charge is 2.19. The number of nitrogens with zero attached hydrogens (tertiary/aromatic N) is 1. The SMILES string of the molecule is NNC(=O)c1ccc(CN2CCCS(=O)(=O)CC2)cc1. The summed E-state index contributed by atoms with van der Waals surface area (Å²) in [7, 11) is -2.87. The van der Waals surface area contributed by atoms with E-state index < -0.39 is 9.84 Å². The smallest absolute Gasteiger partial charge is 0.265 e. The van der Waals surface area contributed by atoms with E-state index in [4.69, 9.17) is 5.84 Å². The number of nitrogen functional groups attached to an aromatic ring is 1. The standard InChI is InChI=1S/C13H19N3O3S/c14-15-13(17)12-4-2-11(3-5-12)10-16-6-1-8-20(18,19)9-7-16/h2-5H,1,6-10,14H2,(H,15,17). The van der Waals surface area contributed by atoms with Gasteiger partial charge in [-0.3, -0.25) is 15.1 Å². The van der Waals surface area contributed by atoms with Crippen molar-refractivity contribution in [2.24, 2.45) is 5.84 Å². The summed E-state index contributed by atoms with van der Waals surface area (Å²) in [6, 6.07) is 7.16. The first-order chi connectivity index (χ1) is 9.50. The van der Waals surface area contributed by atoms with Crippen molar-refractivity contribution >= 4 is 15.7 Å². The number of hydrogen-bond donors (Lipinski definition) is 2. The monoisotopic (exact) mass is 297 g/mol.